The van der Waals surface area contributed by atoms with Crippen LogP contribution in [-0.4, -0.2) is 33.2 Å². The Morgan fingerprint density at radius 1 is 1.13 bits per heavy atom. The lowest BCUT2D eigenvalue weighted by atomic mass is 10.2. The zero-order valence-corrected chi connectivity index (χ0v) is 14.9. The Bertz CT molecular complexity index is 590. The summed E-state index contributed by atoms with van der Waals surface area (Å²) in [6, 6.07) is 7.48. The SMILES string of the molecule is CC.CC(C)CNC(=O)CSc1nccc(-c2ccccn2)n1. The quantitative estimate of drug-likeness (QED) is 0.648. The first-order valence-electron chi connectivity index (χ1n) is 7.79. The van der Waals surface area contributed by atoms with E-state index in [1.807, 2.05) is 38.1 Å². The van der Waals surface area contributed by atoms with Crippen LogP contribution in [0.2, 0.25) is 0 Å². The van der Waals surface area contributed by atoms with Crippen LogP contribution in [0.1, 0.15) is 27.7 Å². The maximum Gasteiger partial charge on any atom is 0.230 e. The third kappa shape index (κ3) is 7.23. The molecule has 0 spiro atoms. The Labute approximate surface area is 142 Å². The maximum absolute atomic E-state index is 11.7. The maximum atomic E-state index is 11.7. The molecule has 2 aromatic heterocycles. The summed E-state index contributed by atoms with van der Waals surface area (Å²) in [7, 11) is 0. The molecule has 0 saturated carbocycles. The number of carbonyl (C=O) groups is 1. The molecule has 6 heteroatoms. The Kier molecular flexibility index (Phi) is 8.90. The van der Waals surface area contributed by atoms with Crippen molar-refractivity contribution >= 4 is 17.7 Å². The van der Waals surface area contributed by atoms with E-state index in [1.54, 1.807) is 12.4 Å². The normalized spacial score (nSPS) is 9.96. The fourth-order valence-electron chi connectivity index (χ4n) is 1.57. The predicted molar refractivity (Wildman–Crippen MR) is 95.2 cm³/mol. The summed E-state index contributed by atoms with van der Waals surface area (Å²) in [5.41, 5.74) is 1.56. The van der Waals surface area contributed by atoms with Gasteiger partial charge in [-0.05, 0) is 24.1 Å². The van der Waals surface area contributed by atoms with Gasteiger partial charge in [0, 0.05) is 18.9 Å². The molecule has 0 fully saturated rings. The van der Waals surface area contributed by atoms with Crippen molar-refractivity contribution in [2.75, 3.05) is 12.3 Å². The fraction of sp³-hybridized carbons (Fsp3) is 0.412. The van der Waals surface area contributed by atoms with Gasteiger partial charge in [0.25, 0.3) is 0 Å². The summed E-state index contributed by atoms with van der Waals surface area (Å²) in [6.45, 7) is 8.81. The molecule has 0 radical (unpaired) electrons. The second-order valence-electron chi connectivity index (χ2n) is 4.93. The number of pyridine rings is 1. The molecule has 5 nitrogen and oxygen atoms in total. The van der Waals surface area contributed by atoms with E-state index in [1.165, 1.54) is 11.8 Å². The third-order valence-electron chi connectivity index (χ3n) is 2.60. The minimum absolute atomic E-state index is 0.000499. The zero-order chi connectivity index (χ0) is 17.1. The Morgan fingerprint density at radius 2 is 1.91 bits per heavy atom. The molecule has 23 heavy (non-hydrogen) atoms. The largest absolute Gasteiger partial charge is 0.355 e. The molecule has 0 atom stereocenters. The van der Waals surface area contributed by atoms with E-state index < -0.39 is 0 Å². The van der Waals surface area contributed by atoms with Crippen molar-refractivity contribution in [3.05, 3.63) is 36.7 Å². The van der Waals surface area contributed by atoms with E-state index in [0.29, 0.717) is 23.4 Å². The Morgan fingerprint density at radius 3 is 2.57 bits per heavy atom. The van der Waals surface area contributed by atoms with Gasteiger partial charge in [0.1, 0.15) is 0 Å². The van der Waals surface area contributed by atoms with E-state index in [0.717, 1.165) is 11.4 Å². The number of amides is 1. The molecule has 0 aromatic carbocycles. The minimum atomic E-state index is 0.000499. The number of hydrogen-bond acceptors (Lipinski definition) is 5. The molecule has 0 saturated heterocycles. The second-order valence-corrected chi connectivity index (χ2v) is 5.87. The molecular weight excluding hydrogens is 308 g/mol. The monoisotopic (exact) mass is 332 g/mol. The van der Waals surface area contributed by atoms with Gasteiger partial charge in [0.05, 0.1) is 17.1 Å². The van der Waals surface area contributed by atoms with Gasteiger partial charge in [-0.25, -0.2) is 9.97 Å². The van der Waals surface area contributed by atoms with Gasteiger partial charge in [0.15, 0.2) is 5.16 Å². The number of nitrogens with one attached hydrogen (secondary N) is 1. The molecule has 2 aromatic rings. The lowest BCUT2D eigenvalue weighted by Crippen LogP contribution is -2.28. The highest BCUT2D eigenvalue weighted by Gasteiger charge is 2.07. The summed E-state index contributed by atoms with van der Waals surface area (Å²) in [5, 5.41) is 3.45. The van der Waals surface area contributed by atoms with Gasteiger partial charge in [-0.2, -0.15) is 0 Å². The van der Waals surface area contributed by atoms with Crippen LogP contribution in [0.25, 0.3) is 11.4 Å². The van der Waals surface area contributed by atoms with Crippen molar-refractivity contribution in [3.8, 4) is 11.4 Å². The standard InChI is InChI=1S/C15H18N4OS.C2H6/c1-11(2)9-18-14(20)10-21-15-17-8-6-13(19-15)12-5-3-4-7-16-12;1-2/h3-8,11H,9-10H2,1-2H3,(H,18,20);1-2H3. The van der Waals surface area contributed by atoms with Crippen molar-refractivity contribution in [1.29, 1.82) is 0 Å². The average molecular weight is 332 g/mol. The van der Waals surface area contributed by atoms with Crippen LogP contribution in [-0.2, 0) is 4.79 Å². The van der Waals surface area contributed by atoms with Gasteiger partial charge in [-0.15, -0.1) is 0 Å². The lowest BCUT2D eigenvalue weighted by Gasteiger charge is -2.07. The van der Waals surface area contributed by atoms with Crippen LogP contribution in [0.3, 0.4) is 0 Å². The summed E-state index contributed by atoms with van der Waals surface area (Å²) >= 11 is 1.33. The Balaban J connectivity index is 0.00000127. The van der Waals surface area contributed by atoms with Crippen molar-refractivity contribution < 1.29 is 4.79 Å². The topological polar surface area (TPSA) is 67.8 Å². The molecule has 0 aliphatic rings. The summed E-state index contributed by atoms with van der Waals surface area (Å²) < 4.78 is 0. The molecule has 2 heterocycles. The zero-order valence-electron chi connectivity index (χ0n) is 14.1. The van der Waals surface area contributed by atoms with Crippen LogP contribution in [0, 0.1) is 5.92 Å². The molecular formula is C17H24N4OS. The predicted octanol–water partition coefficient (Wildman–Crippen LogP) is 3.43. The molecule has 0 aliphatic heterocycles. The number of aromatic nitrogens is 3. The van der Waals surface area contributed by atoms with Crippen LogP contribution < -0.4 is 5.32 Å². The van der Waals surface area contributed by atoms with Crippen molar-refractivity contribution in [3.63, 3.8) is 0 Å². The van der Waals surface area contributed by atoms with Crippen molar-refractivity contribution in [2.45, 2.75) is 32.9 Å². The van der Waals surface area contributed by atoms with Crippen molar-refractivity contribution in [1.82, 2.24) is 20.3 Å². The molecule has 2 rings (SSSR count). The van der Waals surface area contributed by atoms with E-state index in [9.17, 15) is 4.79 Å². The summed E-state index contributed by atoms with van der Waals surface area (Å²) in [4.78, 5) is 24.5. The number of rotatable bonds is 6. The number of hydrogen-bond donors (Lipinski definition) is 1. The van der Waals surface area contributed by atoms with Gasteiger partial charge in [-0.3, -0.25) is 9.78 Å². The molecule has 0 aliphatic carbocycles. The number of nitrogens with zero attached hydrogens (tertiary/aromatic N) is 3. The summed E-state index contributed by atoms with van der Waals surface area (Å²) in [6.07, 6.45) is 3.41. The van der Waals surface area contributed by atoms with Gasteiger partial charge in [0.2, 0.25) is 5.91 Å². The first-order chi connectivity index (χ1) is 11.1. The second kappa shape index (κ2) is 10.7. The Hall–Kier alpha value is -1.95. The lowest BCUT2D eigenvalue weighted by molar-refractivity contribution is -0.118. The average Bonchev–Trinajstić information content (AvgIpc) is 2.61. The highest BCUT2D eigenvalue weighted by atomic mass is 32.2. The molecule has 124 valence electrons. The smallest absolute Gasteiger partial charge is 0.230 e. The molecule has 0 bridgehead atoms. The van der Waals surface area contributed by atoms with Crippen LogP contribution in [0.4, 0.5) is 0 Å². The summed E-state index contributed by atoms with van der Waals surface area (Å²) in [5.74, 6) is 0.765. The van der Waals surface area contributed by atoms with E-state index in [-0.39, 0.29) is 5.91 Å². The number of carbonyl (C=O) groups excluding carboxylic acids is 1. The van der Waals surface area contributed by atoms with Crippen molar-refractivity contribution in [2.24, 2.45) is 5.92 Å². The van der Waals surface area contributed by atoms with Crippen LogP contribution in [0.5, 0.6) is 0 Å². The first-order valence-corrected chi connectivity index (χ1v) is 8.77. The molecule has 0 unspecified atom stereocenters. The van der Waals surface area contributed by atoms with E-state index in [4.69, 9.17) is 0 Å². The van der Waals surface area contributed by atoms with Crippen LogP contribution in [0.15, 0.2) is 41.8 Å². The van der Waals surface area contributed by atoms with E-state index >= 15 is 0 Å². The highest BCUT2D eigenvalue weighted by molar-refractivity contribution is 7.99. The van der Waals surface area contributed by atoms with E-state index in [2.05, 4.69) is 34.1 Å². The van der Waals surface area contributed by atoms with Crippen LogP contribution >= 0.6 is 11.8 Å². The third-order valence-corrected chi connectivity index (χ3v) is 3.46. The molecule has 1 amide bonds. The van der Waals surface area contributed by atoms with Gasteiger partial charge >= 0.3 is 0 Å². The molecule has 1 N–H and O–H groups in total. The number of thioether (sulfide) groups is 1. The van der Waals surface area contributed by atoms with Gasteiger partial charge < -0.3 is 5.32 Å². The minimum Gasteiger partial charge on any atom is -0.355 e. The van der Waals surface area contributed by atoms with Gasteiger partial charge in [-0.1, -0.05) is 45.5 Å². The highest BCUT2D eigenvalue weighted by Crippen LogP contribution is 2.17. The first kappa shape index (κ1) is 19.1. The fourth-order valence-corrected chi connectivity index (χ4v) is 2.23.